The van der Waals surface area contributed by atoms with Crippen LogP contribution in [0.1, 0.15) is 31.2 Å². The molecule has 0 radical (unpaired) electrons. The number of aliphatic imine (C=N–C) groups is 1. The van der Waals surface area contributed by atoms with Gasteiger partial charge in [-0.25, -0.2) is 0 Å². The number of hydrogen-bond donors (Lipinski definition) is 6. The summed E-state index contributed by atoms with van der Waals surface area (Å²) in [7, 11) is 0. The van der Waals surface area contributed by atoms with Crippen molar-refractivity contribution in [3.05, 3.63) is 60.2 Å². The first-order chi connectivity index (χ1) is 17.2. The lowest BCUT2D eigenvalue weighted by Crippen LogP contribution is -2.53. The maximum atomic E-state index is 13.0. The number of nitrogens with zero attached hydrogens (tertiary/aromatic N) is 1. The van der Waals surface area contributed by atoms with Gasteiger partial charge in [-0.1, -0.05) is 54.6 Å². The zero-order valence-corrected chi connectivity index (χ0v) is 19.9. The number of nitrogens with one attached hydrogen (secondary N) is 2. The van der Waals surface area contributed by atoms with Crippen LogP contribution in [-0.2, 0) is 25.6 Å². The van der Waals surface area contributed by atoms with E-state index < -0.39 is 35.8 Å². The van der Waals surface area contributed by atoms with Crippen molar-refractivity contribution in [3.8, 4) is 11.1 Å². The first-order valence-electron chi connectivity index (χ1n) is 11.5. The van der Waals surface area contributed by atoms with Crippen molar-refractivity contribution in [1.29, 1.82) is 0 Å². The number of primary amides is 1. The zero-order valence-electron chi connectivity index (χ0n) is 19.9. The van der Waals surface area contributed by atoms with Gasteiger partial charge in [0.05, 0.1) is 0 Å². The number of carbonyl (C=O) groups excluding carboxylic acids is 3. The Bertz CT molecular complexity index is 1070. The minimum atomic E-state index is -1.18. The van der Waals surface area contributed by atoms with Gasteiger partial charge >= 0.3 is 5.97 Å². The summed E-state index contributed by atoms with van der Waals surface area (Å²) in [5.41, 5.74) is 18.7. The topological polar surface area (TPSA) is 203 Å². The summed E-state index contributed by atoms with van der Waals surface area (Å²) in [6.45, 7) is 0.256. The van der Waals surface area contributed by atoms with Gasteiger partial charge in [0.25, 0.3) is 0 Å². The number of nitrogens with two attached hydrogens (primary N) is 3. The third-order valence-electron chi connectivity index (χ3n) is 5.32. The standard InChI is InChI=1S/C25H32N6O5/c26-23(35)19(12-13-22(33)34)31-24(36)20(30-21(32)7-4-14-29-25(27)28)15-16-8-10-18(11-9-16)17-5-2-1-3-6-17/h1-3,5-6,8-11,19-20H,4,7,12-15H2,(H2,26,35)(H,30,32)(H,31,36)(H,33,34)(H4,27,28,29)/t19-,20-/m1/s1. The van der Waals surface area contributed by atoms with E-state index in [-0.39, 0.29) is 38.2 Å². The van der Waals surface area contributed by atoms with Gasteiger partial charge in [-0.05, 0) is 29.5 Å². The number of hydrogen-bond acceptors (Lipinski definition) is 5. The lowest BCUT2D eigenvalue weighted by Gasteiger charge is -2.22. The largest absolute Gasteiger partial charge is 0.481 e. The quantitative estimate of drug-likeness (QED) is 0.122. The van der Waals surface area contributed by atoms with Gasteiger partial charge in [0.1, 0.15) is 12.1 Å². The van der Waals surface area contributed by atoms with Gasteiger partial charge in [-0.2, -0.15) is 0 Å². The molecule has 0 aromatic heterocycles. The van der Waals surface area contributed by atoms with Crippen molar-refractivity contribution < 1.29 is 24.3 Å². The fraction of sp³-hybridized carbons (Fsp3) is 0.320. The van der Waals surface area contributed by atoms with Crippen LogP contribution in [0.2, 0.25) is 0 Å². The SMILES string of the molecule is NC(=O)[C@@H](CCC(=O)O)NC(=O)[C@@H](Cc1ccc(-c2ccccc2)cc1)NC(=O)CCCN=C(N)N. The summed E-state index contributed by atoms with van der Waals surface area (Å²) in [4.78, 5) is 52.0. The van der Waals surface area contributed by atoms with Crippen LogP contribution in [0.5, 0.6) is 0 Å². The molecule has 0 aliphatic carbocycles. The first-order valence-corrected chi connectivity index (χ1v) is 11.5. The van der Waals surface area contributed by atoms with E-state index in [1.807, 2.05) is 54.6 Å². The number of aliphatic carboxylic acids is 1. The van der Waals surface area contributed by atoms with E-state index in [0.717, 1.165) is 16.7 Å². The van der Waals surface area contributed by atoms with Crippen LogP contribution >= 0.6 is 0 Å². The number of guanidine groups is 1. The Morgan fingerprint density at radius 2 is 1.47 bits per heavy atom. The lowest BCUT2D eigenvalue weighted by atomic mass is 9.99. The summed E-state index contributed by atoms with van der Waals surface area (Å²) >= 11 is 0. The molecule has 0 heterocycles. The number of benzene rings is 2. The first kappa shape index (κ1) is 27.8. The van der Waals surface area contributed by atoms with Gasteiger partial charge in [-0.15, -0.1) is 0 Å². The van der Waals surface area contributed by atoms with Crippen LogP contribution in [-0.4, -0.2) is 53.4 Å². The number of carboxylic acids is 1. The summed E-state index contributed by atoms with van der Waals surface area (Å²) in [5, 5.41) is 14.0. The fourth-order valence-electron chi connectivity index (χ4n) is 3.45. The molecule has 2 aromatic rings. The molecule has 11 nitrogen and oxygen atoms in total. The molecule has 0 aliphatic rings. The van der Waals surface area contributed by atoms with Gasteiger partial charge in [-0.3, -0.25) is 24.2 Å². The molecule has 11 heteroatoms. The monoisotopic (exact) mass is 496 g/mol. The summed E-state index contributed by atoms with van der Waals surface area (Å²) in [6, 6.07) is 15.1. The van der Waals surface area contributed by atoms with E-state index in [2.05, 4.69) is 15.6 Å². The second kappa shape index (κ2) is 14.1. The minimum Gasteiger partial charge on any atom is -0.481 e. The van der Waals surface area contributed by atoms with Crippen LogP contribution in [0.3, 0.4) is 0 Å². The van der Waals surface area contributed by atoms with Crippen LogP contribution in [0.15, 0.2) is 59.6 Å². The average molecular weight is 497 g/mol. The third-order valence-corrected chi connectivity index (χ3v) is 5.32. The zero-order chi connectivity index (χ0) is 26.5. The highest BCUT2D eigenvalue weighted by Gasteiger charge is 2.26. The average Bonchev–Trinajstić information content (AvgIpc) is 2.84. The Balaban J connectivity index is 2.13. The predicted octanol–water partition coefficient (Wildman–Crippen LogP) is 0.269. The smallest absolute Gasteiger partial charge is 0.303 e. The Morgan fingerprint density at radius 3 is 2.06 bits per heavy atom. The molecular weight excluding hydrogens is 464 g/mol. The number of amides is 3. The van der Waals surface area contributed by atoms with E-state index in [9.17, 15) is 19.2 Å². The number of rotatable bonds is 14. The van der Waals surface area contributed by atoms with E-state index in [1.54, 1.807) is 0 Å². The molecular formula is C25H32N6O5. The van der Waals surface area contributed by atoms with Gasteiger partial charge in [0, 0.05) is 25.8 Å². The van der Waals surface area contributed by atoms with E-state index >= 15 is 0 Å². The number of carboxylic acid groups (broad SMARTS) is 1. The van der Waals surface area contributed by atoms with Gasteiger partial charge in [0.2, 0.25) is 17.7 Å². The van der Waals surface area contributed by atoms with Crippen LogP contribution in [0.4, 0.5) is 0 Å². The molecule has 36 heavy (non-hydrogen) atoms. The van der Waals surface area contributed by atoms with Crippen molar-refractivity contribution in [2.24, 2.45) is 22.2 Å². The van der Waals surface area contributed by atoms with Crippen molar-refractivity contribution >= 4 is 29.7 Å². The van der Waals surface area contributed by atoms with Crippen molar-refractivity contribution in [2.75, 3.05) is 6.54 Å². The van der Waals surface area contributed by atoms with Gasteiger partial charge in [0.15, 0.2) is 5.96 Å². The predicted molar refractivity (Wildman–Crippen MR) is 135 cm³/mol. The second-order valence-corrected chi connectivity index (χ2v) is 8.19. The molecule has 2 rings (SSSR count). The minimum absolute atomic E-state index is 0.0752. The summed E-state index contributed by atoms with van der Waals surface area (Å²) in [5.74, 6) is -3.11. The highest BCUT2D eigenvalue weighted by molar-refractivity contribution is 5.92. The van der Waals surface area contributed by atoms with Crippen LogP contribution in [0.25, 0.3) is 11.1 Å². The van der Waals surface area contributed by atoms with Crippen molar-refractivity contribution in [1.82, 2.24) is 10.6 Å². The Kier molecular flexibility index (Phi) is 10.9. The molecule has 0 fully saturated rings. The van der Waals surface area contributed by atoms with Crippen molar-refractivity contribution in [2.45, 2.75) is 44.2 Å². The normalized spacial score (nSPS) is 12.1. The molecule has 9 N–H and O–H groups in total. The molecule has 0 saturated heterocycles. The van der Waals surface area contributed by atoms with Crippen LogP contribution in [0, 0.1) is 0 Å². The van der Waals surface area contributed by atoms with E-state index in [0.29, 0.717) is 6.42 Å². The third kappa shape index (κ3) is 9.84. The molecule has 2 aromatic carbocycles. The molecule has 2 atom stereocenters. The fourth-order valence-corrected chi connectivity index (χ4v) is 3.45. The summed E-state index contributed by atoms with van der Waals surface area (Å²) in [6.07, 6.45) is 0.0705. The maximum absolute atomic E-state index is 13.0. The van der Waals surface area contributed by atoms with E-state index in [4.69, 9.17) is 22.3 Å². The Labute approximate surface area is 209 Å². The summed E-state index contributed by atoms with van der Waals surface area (Å²) < 4.78 is 0. The van der Waals surface area contributed by atoms with Crippen LogP contribution < -0.4 is 27.8 Å². The second-order valence-electron chi connectivity index (χ2n) is 8.19. The van der Waals surface area contributed by atoms with Gasteiger partial charge < -0.3 is 32.9 Å². The molecule has 0 unspecified atom stereocenters. The van der Waals surface area contributed by atoms with Crippen molar-refractivity contribution in [3.63, 3.8) is 0 Å². The Hall–Kier alpha value is -4.41. The molecule has 192 valence electrons. The molecule has 3 amide bonds. The molecule has 0 aliphatic heterocycles. The lowest BCUT2D eigenvalue weighted by molar-refractivity contribution is -0.137. The Morgan fingerprint density at radius 1 is 0.833 bits per heavy atom. The maximum Gasteiger partial charge on any atom is 0.303 e. The molecule has 0 spiro atoms. The van der Waals surface area contributed by atoms with E-state index in [1.165, 1.54) is 0 Å². The molecule has 0 saturated carbocycles. The highest BCUT2D eigenvalue weighted by atomic mass is 16.4. The highest BCUT2D eigenvalue weighted by Crippen LogP contribution is 2.20. The molecule has 0 bridgehead atoms. The number of carbonyl (C=O) groups is 4.